The van der Waals surface area contributed by atoms with Crippen LogP contribution in [0.15, 0.2) is 12.5 Å². The van der Waals surface area contributed by atoms with E-state index in [2.05, 4.69) is 16.9 Å². The summed E-state index contributed by atoms with van der Waals surface area (Å²) in [5.74, 6) is 0.444. The Morgan fingerprint density at radius 1 is 1.62 bits per heavy atom. The van der Waals surface area contributed by atoms with Crippen LogP contribution in [-0.4, -0.2) is 9.97 Å². The van der Waals surface area contributed by atoms with Gasteiger partial charge in [0, 0.05) is 11.8 Å². The van der Waals surface area contributed by atoms with Gasteiger partial charge in [0.05, 0.1) is 0 Å². The molecule has 8 heavy (non-hydrogen) atoms. The third-order valence-electron chi connectivity index (χ3n) is 0.823. The average Bonchev–Trinajstić information content (AvgIpc) is 1.77. The van der Waals surface area contributed by atoms with Gasteiger partial charge in [-0.05, 0) is 6.92 Å². The number of hydrogen-bond acceptors (Lipinski definition) is 3. The molecule has 0 aliphatic rings. The Morgan fingerprint density at radius 2 is 2.38 bits per heavy atom. The van der Waals surface area contributed by atoms with E-state index in [0.717, 1.165) is 0 Å². The molecule has 2 N–H and O–H groups in total. The van der Waals surface area contributed by atoms with E-state index in [0.29, 0.717) is 11.4 Å². The highest BCUT2D eigenvalue weighted by atomic mass is 14.9. The van der Waals surface area contributed by atoms with Crippen LogP contribution in [0.1, 0.15) is 5.56 Å². The van der Waals surface area contributed by atoms with Crippen molar-refractivity contribution < 1.29 is 0 Å². The van der Waals surface area contributed by atoms with E-state index in [1.165, 1.54) is 6.33 Å². The first-order valence-corrected chi connectivity index (χ1v) is 2.18. The summed E-state index contributed by atoms with van der Waals surface area (Å²) in [7, 11) is 0. The number of aromatic nitrogens is 2. The summed E-state index contributed by atoms with van der Waals surface area (Å²) < 4.78 is 0. The molecule has 0 aromatic carbocycles. The third-order valence-corrected chi connectivity index (χ3v) is 0.823. The van der Waals surface area contributed by atoms with Crippen molar-refractivity contribution >= 4 is 5.82 Å². The van der Waals surface area contributed by atoms with Crippen LogP contribution in [0.4, 0.5) is 5.82 Å². The van der Waals surface area contributed by atoms with E-state index in [9.17, 15) is 0 Å². The number of hydrogen-bond donors (Lipinski definition) is 1. The molecule has 1 aromatic rings. The summed E-state index contributed by atoms with van der Waals surface area (Å²) in [6.07, 6.45) is 2.96. The molecule has 1 radical (unpaired) electrons. The minimum absolute atomic E-state index is 0.444. The highest BCUT2D eigenvalue weighted by Crippen LogP contribution is 1.99. The van der Waals surface area contributed by atoms with Crippen LogP contribution in [-0.2, 0) is 0 Å². The fraction of sp³-hybridized carbons (Fsp3) is 0. The first-order valence-electron chi connectivity index (χ1n) is 2.18. The number of rotatable bonds is 0. The topological polar surface area (TPSA) is 51.8 Å². The smallest absolute Gasteiger partial charge is 0.129 e. The lowest BCUT2D eigenvalue weighted by atomic mass is 10.4. The van der Waals surface area contributed by atoms with Crippen LogP contribution >= 0.6 is 0 Å². The molecule has 0 fully saturated rings. The Balaban J connectivity index is 3.13. The Hall–Kier alpha value is -1.12. The number of nitrogens with zero attached hydrogens (tertiary/aromatic N) is 2. The Kier molecular flexibility index (Phi) is 1.12. The van der Waals surface area contributed by atoms with E-state index in [4.69, 9.17) is 5.73 Å². The van der Waals surface area contributed by atoms with Crippen LogP contribution in [0.2, 0.25) is 0 Å². The molecule has 0 aliphatic heterocycles. The molecular formula is C5H6N3. The molecule has 0 saturated carbocycles. The van der Waals surface area contributed by atoms with Crippen molar-refractivity contribution in [1.29, 1.82) is 0 Å². The van der Waals surface area contributed by atoms with Gasteiger partial charge in [-0.15, -0.1) is 0 Å². The summed E-state index contributed by atoms with van der Waals surface area (Å²) in [6, 6.07) is 0. The van der Waals surface area contributed by atoms with Crippen molar-refractivity contribution in [2.24, 2.45) is 0 Å². The summed E-state index contributed by atoms with van der Waals surface area (Å²) >= 11 is 0. The van der Waals surface area contributed by atoms with Crippen molar-refractivity contribution in [1.82, 2.24) is 9.97 Å². The van der Waals surface area contributed by atoms with Gasteiger partial charge in [-0.25, -0.2) is 9.97 Å². The molecule has 3 heteroatoms. The van der Waals surface area contributed by atoms with Gasteiger partial charge >= 0.3 is 0 Å². The van der Waals surface area contributed by atoms with Crippen LogP contribution in [0.3, 0.4) is 0 Å². The second kappa shape index (κ2) is 1.78. The third kappa shape index (κ3) is 0.753. The van der Waals surface area contributed by atoms with E-state index in [-0.39, 0.29) is 0 Å². The van der Waals surface area contributed by atoms with Crippen molar-refractivity contribution in [3.05, 3.63) is 25.0 Å². The van der Waals surface area contributed by atoms with Gasteiger partial charge in [0.2, 0.25) is 0 Å². The lowest BCUT2D eigenvalue weighted by molar-refractivity contribution is 1.16. The number of anilines is 1. The second-order valence-electron chi connectivity index (χ2n) is 1.43. The van der Waals surface area contributed by atoms with Crippen molar-refractivity contribution in [3.8, 4) is 0 Å². The van der Waals surface area contributed by atoms with Gasteiger partial charge in [0.25, 0.3) is 0 Å². The lowest BCUT2D eigenvalue weighted by Crippen LogP contribution is -1.92. The molecular weight excluding hydrogens is 102 g/mol. The van der Waals surface area contributed by atoms with Gasteiger partial charge < -0.3 is 5.73 Å². The normalized spacial score (nSPS) is 9.12. The SMILES string of the molecule is [CH2]c1cncnc1N. The quantitative estimate of drug-likeness (QED) is 0.518. The molecule has 0 aliphatic carbocycles. The van der Waals surface area contributed by atoms with Crippen LogP contribution in [0, 0.1) is 6.92 Å². The van der Waals surface area contributed by atoms with Crippen molar-refractivity contribution in [2.45, 2.75) is 0 Å². The monoisotopic (exact) mass is 108 g/mol. The average molecular weight is 108 g/mol. The van der Waals surface area contributed by atoms with Crippen LogP contribution in [0.25, 0.3) is 0 Å². The van der Waals surface area contributed by atoms with Crippen LogP contribution in [0.5, 0.6) is 0 Å². The Bertz CT molecular complexity index is 164. The second-order valence-corrected chi connectivity index (χ2v) is 1.43. The van der Waals surface area contributed by atoms with Crippen molar-refractivity contribution in [3.63, 3.8) is 0 Å². The molecule has 0 saturated heterocycles. The standard InChI is InChI=1S/C5H6N3/c1-4-2-7-3-8-5(4)6/h2-3H,1H2,(H2,6,7,8). The minimum atomic E-state index is 0.444. The predicted molar refractivity (Wildman–Crippen MR) is 30.9 cm³/mol. The van der Waals surface area contributed by atoms with Gasteiger partial charge in [-0.3, -0.25) is 0 Å². The molecule has 1 rings (SSSR count). The van der Waals surface area contributed by atoms with Gasteiger partial charge in [-0.2, -0.15) is 0 Å². The molecule has 1 aromatic heterocycles. The number of nitrogen functional groups attached to an aromatic ring is 1. The largest absolute Gasteiger partial charge is 0.383 e. The maximum atomic E-state index is 5.31. The first-order chi connectivity index (χ1) is 3.80. The minimum Gasteiger partial charge on any atom is -0.383 e. The summed E-state index contributed by atoms with van der Waals surface area (Å²) in [6.45, 7) is 3.57. The zero-order valence-corrected chi connectivity index (χ0v) is 4.33. The van der Waals surface area contributed by atoms with Crippen molar-refractivity contribution in [2.75, 3.05) is 5.73 Å². The molecule has 0 amide bonds. The van der Waals surface area contributed by atoms with Gasteiger partial charge in [0.15, 0.2) is 0 Å². The van der Waals surface area contributed by atoms with Crippen LogP contribution < -0.4 is 5.73 Å². The molecule has 3 nitrogen and oxygen atoms in total. The van der Waals surface area contributed by atoms with E-state index < -0.39 is 0 Å². The predicted octanol–water partition coefficient (Wildman–Crippen LogP) is 0.241. The lowest BCUT2D eigenvalue weighted by Gasteiger charge is -1.91. The molecule has 0 bridgehead atoms. The maximum absolute atomic E-state index is 5.31. The maximum Gasteiger partial charge on any atom is 0.129 e. The Labute approximate surface area is 47.6 Å². The van der Waals surface area contributed by atoms with Gasteiger partial charge in [-0.1, -0.05) is 0 Å². The molecule has 0 spiro atoms. The molecule has 0 unspecified atom stereocenters. The zero-order chi connectivity index (χ0) is 5.98. The van der Waals surface area contributed by atoms with E-state index in [1.807, 2.05) is 0 Å². The summed E-state index contributed by atoms with van der Waals surface area (Å²) in [5, 5.41) is 0. The fourth-order valence-corrected chi connectivity index (χ4v) is 0.368. The van der Waals surface area contributed by atoms with Gasteiger partial charge in [0.1, 0.15) is 12.1 Å². The highest BCUT2D eigenvalue weighted by Gasteiger charge is 1.87. The van der Waals surface area contributed by atoms with E-state index in [1.54, 1.807) is 6.20 Å². The summed E-state index contributed by atoms with van der Waals surface area (Å²) in [5.41, 5.74) is 5.98. The molecule has 0 atom stereocenters. The molecule has 41 valence electrons. The highest BCUT2D eigenvalue weighted by molar-refractivity contribution is 5.37. The Morgan fingerprint density at radius 3 is 2.75 bits per heavy atom. The fourth-order valence-electron chi connectivity index (χ4n) is 0.368. The molecule has 1 heterocycles. The zero-order valence-electron chi connectivity index (χ0n) is 4.33. The first kappa shape index (κ1) is 5.03. The summed E-state index contributed by atoms with van der Waals surface area (Å²) in [4.78, 5) is 7.37. The number of nitrogens with two attached hydrogens (primary N) is 1. The van der Waals surface area contributed by atoms with E-state index >= 15 is 0 Å².